The molecule has 4 nitrogen and oxygen atoms in total. The van der Waals surface area contributed by atoms with E-state index in [9.17, 15) is 4.79 Å². The average Bonchev–Trinajstić information content (AvgIpc) is 2.79. The number of ether oxygens (including phenoxy) is 1. The molecule has 106 valence electrons. The van der Waals surface area contributed by atoms with Gasteiger partial charge in [0.05, 0.1) is 12.3 Å². The molecule has 2 unspecified atom stereocenters. The Balaban J connectivity index is 2.19. The van der Waals surface area contributed by atoms with Gasteiger partial charge in [0.25, 0.3) is 0 Å². The lowest BCUT2D eigenvalue weighted by Gasteiger charge is -2.40. The van der Waals surface area contributed by atoms with E-state index >= 15 is 0 Å². The van der Waals surface area contributed by atoms with Crippen molar-refractivity contribution in [2.24, 2.45) is 0 Å². The van der Waals surface area contributed by atoms with Gasteiger partial charge in [-0.15, -0.1) is 0 Å². The Morgan fingerprint density at radius 1 is 1.42 bits per heavy atom. The van der Waals surface area contributed by atoms with Crippen LogP contribution in [0.25, 0.3) is 0 Å². The molecule has 1 aliphatic rings. The number of likely N-dealkylation sites (tertiary alicyclic amines) is 1. The van der Waals surface area contributed by atoms with Crippen LogP contribution in [0, 0.1) is 0 Å². The van der Waals surface area contributed by atoms with Gasteiger partial charge in [0, 0.05) is 6.04 Å². The highest BCUT2D eigenvalue weighted by Crippen LogP contribution is 2.35. The third-order valence-electron chi connectivity index (χ3n) is 3.39. The summed E-state index contributed by atoms with van der Waals surface area (Å²) in [4.78, 5) is 14.2. The maximum atomic E-state index is 12.4. The minimum atomic E-state index is -0.470. The van der Waals surface area contributed by atoms with Gasteiger partial charge in [-0.2, -0.15) is 0 Å². The first kappa shape index (κ1) is 14.0. The molecule has 0 spiro atoms. The third kappa shape index (κ3) is 3.31. The summed E-state index contributed by atoms with van der Waals surface area (Å²) in [5.41, 5.74) is -0.470. The number of amides is 1. The number of piperidine rings is 1. The van der Waals surface area contributed by atoms with Crippen molar-refractivity contribution in [3.05, 3.63) is 24.2 Å². The van der Waals surface area contributed by atoms with E-state index in [1.54, 1.807) is 6.26 Å². The Morgan fingerprint density at radius 3 is 2.74 bits per heavy atom. The zero-order valence-electron chi connectivity index (χ0n) is 12.2. The first-order chi connectivity index (χ1) is 8.88. The third-order valence-corrected chi connectivity index (χ3v) is 3.39. The van der Waals surface area contributed by atoms with Crippen LogP contribution in [-0.4, -0.2) is 22.6 Å². The van der Waals surface area contributed by atoms with Crippen LogP contribution in [0.1, 0.15) is 58.8 Å². The zero-order chi connectivity index (χ0) is 14.0. The predicted molar refractivity (Wildman–Crippen MR) is 72.8 cm³/mol. The van der Waals surface area contributed by atoms with Gasteiger partial charge in [-0.3, -0.25) is 4.90 Å². The largest absolute Gasteiger partial charge is 0.467 e. The van der Waals surface area contributed by atoms with Crippen molar-refractivity contribution in [2.45, 2.75) is 64.6 Å². The van der Waals surface area contributed by atoms with Crippen LogP contribution < -0.4 is 0 Å². The first-order valence-electron chi connectivity index (χ1n) is 6.93. The van der Waals surface area contributed by atoms with Crippen LogP contribution in [0.5, 0.6) is 0 Å². The number of furan rings is 1. The summed E-state index contributed by atoms with van der Waals surface area (Å²) >= 11 is 0. The fraction of sp³-hybridized carbons (Fsp3) is 0.667. The summed E-state index contributed by atoms with van der Waals surface area (Å²) in [5, 5.41) is 0. The van der Waals surface area contributed by atoms with E-state index in [4.69, 9.17) is 9.15 Å². The summed E-state index contributed by atoms with van der Waals surface area (Å²) in [6, 6.07) is 3.97. The van der Waals surface area contributed by atoms with Crippen molar-refractivity contribution in [1.29, 1.82) is 0 Å². The van der Waals surface area contributed by atoms with Crippen molar-refractivity contribution in [2.75, 3.05) is 0 Å². The lowest BCUT2D eigenvalue weighted by atomic mass is 9.95. The van der Waals surface area contributed by atoms with Crippen LogP contribution in [0.2, 0.25) is 0 Å². The highest BCUT2D eigenvalue weighted by Gasteiger charge is 2.36. The molecule has 0 saturated carbocycles. The Labute approximate surface area is 114 Å². The normalized spacial score (nSPS) is 24.3. The molecule has 1 fully saturated rings. The van der Waals surface area contributed by atoms with E-state index in [-0.39, 0.29) is 18.2 Å². The molecule has 2 atom stereocenters. The van der Waals surface area contributed by atoms with Gasteiger partial charge >= 0.3 is 6.09 Å². The summed E-state index contributed by atoms with van der Waals surface area (Å²) < 4.78 is 11.0. The van der Waals surface area contributed by atoms with Crippen LogP contribution in [0.15, 0.2) is 22.8 Å². The first-order valence-corrected chi connectivity index (χ1v) is 6.93. The predicted octanol–water partition coefficient (Wildman–Crippen LogP) is 4.13. The molecule has 19 heavy (non-hydrogen) atoms. The second kappa shape index (κ2) is 5.27. The molecule has 1 aromatic heterocycles. The lowest BCUT2D eigenvalue weighted by Crippen LogP contribution is -2.46. The summed E-state index contributed by atoms with van der Waals surface area (Å²) in [6.07, 6.45) is 4.45. The molecule has 0 N–H and O–H groups in total. The van der Waals surface area contributed by atoms with Crippen LogP contribution in [-0.2, 0) is 4.74 Å². The van der Waals surface area contributed by atoms with Crippen molar-refractivity contribution < 1.29 is 13.9 Å². The maximum absolute atomic E-state index is 12.4. The summed E-state index contributed by atoms with van der Waals surface area (Å²) in [5.74, 6) is 0.845. The van der Waals surface area contributed by atoms with Crippen LogP contribution >= 0.6 is 0 Å². The van der Waals surface area contributed by atoms with Gasteiger partial charge in [-0.25, -0.2) is 4.79 Å². The molecule has 4 heteroatoms. The molecule has 1 aromatic rings. The van der Waals surface area contributed by atoms with Crippen molar-refractivity contribution in [3.8, 4) is 0 Å². The quantitative estimate of drug-likeness (QED) is 0.766. The Kier molecular flexibility index (Phi) is 3.88. The van der Waals surface area contributed by atoms with E-state index in [1.807, 2.05) is 37.8 Å². The average molecular weight is 265 g/mol. The second-order valence-corrected chi connectivity index (χ2v) is 6.20. The Morgan fingerprint density at radius 2 is 2.16 bits per heavy atom. The second-order valence-electron chi connectivity index (χ2n) is 6.20. The fourth-order valence-electron chi connectivity index (χ4n) is 2.57. The van der Waals surface area contributed by atoms with E-state index < -0.39 is 5.60 Å². The van der Waals surface area contributed by atoms with Crippen LogP contribution in [0.4, 0.5) is 4.79 Å². The Bertz CT molecular complexity index is 419. The van der Waals surface area contributed by atoms with Gasteiger partial charge in [0.2, 0.25) is 0 Å². The monoisotopic (exact) mass is 265 g/mol. The number of rotatable bonds is 1. The Hall–Kier alpha value is -1.45. The van der Waals surface area contributed by atoms with Gasteiger partial charge in [-0.1, -0.05) is 0 Å². The molecule has 0 aromatic carbocycles. The molecule has 2 rings (SSSR count). The van der Waals surface area contributed by atoms with Crippen molar-refractivity contribution >= 4 is 6.09 Å². The lowest BCUT2D eigenvalue weighted by molar-refractivity contribution is -0.00647. The number of hydrogen-bond donors (Lipinski definition) is 0. The van der Waals surface area contributed by atoms with E-state index in [0.29, 0.717) is 0 Å². The number of hydrogen-bond acceptors (Lipinski definition) is 3. The minimum Gasteiger partial charge on any atom is -0.467 e. The van der Waals surface area contributed by atoms with Gasteiger partial charge < -0.3 is 9.15 Å². The number of carbonyl (C=O) groups excluding carboxylic acids is 1. The molecular formula is C15H23NO3. The molecule has 1 saturated heterocycles. The topological polar surface area (TPSA) is 42.7 Å². The smallest absolute Gasteiger partial charge is 0.411 e. The highest BCUT2D eigenvalue weighted by atomic mass is 16.6. The number of carbonyl (C=O) groups is 1. The molecule has 0 aliphatic carbocycles. The molecule has 1 amide bonds. The molecule has 2 heterocycles. The van der Waals surface area contributed by atoms with Crippen molar-refractivity contribution in [1.82, 2.24) is 4.90 Å². The van der Waals surface area contributed by atoms with Crippen LogP contribution in [0.3, 0.4) is 0 Å². The molecular weight excluding hydrogens is 242 g/mol. The number of nitrogens with zero attached hydrogens (tertiary/aromatic N) is 1. The summed E-state index contributed by atoms with van der Waals surface area (Å²) in [6.45, 7) is 7.74. The fourth-order valence-corrected chi connectivity index (χ4v) is 2.57. The highest BCUT2D eigenvalue weighted by molar-refractivity contribution is 5.69. The zero-order valence-corrected chi connectivity index (χ0v) is 12.2. The van der Waals surface area contributed by atoms with Gasteiger partial charge in [-0.05, 0) is 59.1 Å². The van der Waals surface area contributed by atoms with Gasteiger partial charge in [0.15, 0.2) is 0 Å². The van der Waals surface area contributed by atoms with Gasteiger partial charge in [0.1, 0.15) is 11.4 Å². The van der Waals surface area contributed by atoms with E-state index in [2.05, 4.69) is 6.92 Å². The van der Waals surface area contributed by atoms with Crippen molar-refractivity contribution in [3.63, 3.8) is 0 Å². The molecule has 0 radical (unpaired) electrons. The summed E-state index contributed by atoms with van der Waals surface area (Å²) in [7, 11) is 0. The minimum absolute atomic E-state index is 0.00593. The molecule has 1 aliphatic heterocycles. The standard InChI is InChI=1S/C15H23NO3/c1-11-7-5-8-12(13-9-6-10-18-13)16(11)14(17)19-15(2,3)4/h6,9-12H,5,7-8H2,1-4H3. The molecule has 0 bridgehead atoms. The maximum Gasteiger partial charge on any atom is 0.411 e. The SMILES string of the molecule is CC1CCCC(c2ccco2)N1C(=O)OC(C)(C)C. The van der Waals surface area contributed by atoms with E-state index in [0.717, 1.165) is 25.0 Å². The van der Waals surface area contributed by atoms with E-state index in [1.165, 1.54) is 0 Å².